The third-order valence-electron chi connectivity index (χ3n) is 3.64. The summed E-state index contributed by atoms with van der Waals surface area (Å²) in [6.07, 6.45) is 0. The molecule has 2 rings (SSSR count). The molecule has 0 heterocycles. The highest BCUT2D eigenvalue weighted by Crippen LogP contribution is 2.20. The summed E-state index contributed by atoms with van der Waals surface area (Å²) in [5.41, 5.74) is 2.77. The maximum Gasteiger partial charge on any atom is 0.321 e. The van der Waals surface area contributed by atoms with E-state index in [2.05, 4.69) is 21.3 Å². The van der Waals surface area contributed by atoms with Crippen LogP contribution in [0.2, 0.25) is 0 Å². The van der Waals surface area contributed by atoms with Crippen LogP contribution in [0.4, 0.5) is 16.2 Å². The highest BCUT2D eigenvalue weighted by atomic mass is 16.2. The average molecular weight is 368 g/mol. The van der Waals surface area contributed by atoms with Crippen molar-refractivity contribution in [2.45, 2.75) is 26.8 Å². The molecule has 0 radical (unpaired) electrons. The van der Waals surface area contributed by atoms with Crippen LogP contribution in [0.5, 0.6) is 0 Å². The molecule has 0 saturated carbocycles. The van der Waals surface area contributed by atoms with Gasteiger partial charge in [0.25, 0.3) is 5.91 Å². The van der Waals surface area contributed by atoms with Gasteiger partial charge >= 0.3 is 6.03 Å². The van der Waals surface area contributed by atoms with Gasteiger partial charge in [0.15, 0.2) is 0 Å². The number of aryl methyl sites for hydroxylation is 1. The third-order valence-corrected chi connectivity index (χ3v) is 3.64. The van der Waals surface area contributed by atoms with Gasteiger partial charge in [-0.1, -0.05) is 24.3 Å². The number of amides is 4. The molecule has 7 heteroatoms. The number of anilines is 2. The molecule has 0 aromatic heterocycles. The van der Waals surface area contributed by atoms with Gasteiger partial charge in [0.1, 0.15) is 0 Å². The molecule has 0 atom stereocenters. The smallest absolute Gasteiger partial charge is 0.321 e. The van der Waals surface area contributed by atoms with E-state index in [-0.39, 0.29) is 18.5 Å². The van der Waals surface area contributed by atoms with Gasteiger partial charge in [-0.3, -0.25) is 14.9 Å². The predicted octanol–water partition coefficient (Wildman–Crippen LogP) is 2.89. The molecule has 0 fully saturated rings. The second-order valence-corrected chi connectivity index (χ2v) is 6.38. The summed E-state index contributed by atoms with van der Waals surface area (Å²) < 4.78 is 0. The summed E-state index contributed by atoms with van der Waals surface area (Å²) in [7, 11) is 0. The highest BCUT2D eigenvalue weighted by molar-refractivity contribution is 6.04. The standard InChI is InChI=1S/C20H24N4O3/c1-13(2)22-20(27)24-18(25)12-21-17-11-16(10-9-14(17)3)23-19(26)15-7-5-4-6-8-15/h4-11,13,21H,12H2,1-3H3,(H,23,26)(H2,22,24,25,27). The number of benzene rings is 2. The van der Waals surface area contributed by atoms with Gasteiger partial charge in [-0.05, 0) is 50.6 Å². The maximum atomic E-state index is 12.2. The van der Waals surface area contributed by atoms with Crippen LogP contribution in [0.3, 0.4) is 0 Å². The summed E-state index contributed by atoms with van der Waals surface area (Å²) in [6, 6.07) is 13.7. The lowest BCUT2D eigenvalue weighted by Gasteiger charge is -2.13. The molecule has 0 spiro atoms. The topological polar surface area (TPSA) is 99.3 Å². The van der Waals surface area contributed by atoms with E-state index < -0.39 is 11.9 Å². The molecule has 142 valence electrons. The normalized spacial score (nSPS) is 10.2. The molecule has 4 amide bonds. The zero-order valence-corrected chi connectivity index (χ0v) is 15.6. The predicted molar refractivity (Wildman–Crippen MR) is 106 cm³/mol. The first-order valence-corrected chi connectivity index (χ1v) is 8.66. The van der Waals surface area contributed by atoms with Gasteiger partial charge in [0.2, 0.25) is 5.91 Å². The summed E-state index contributed by atoms with van der Waals surface area (Å²) in [5.74, 6) is -0.667. The molecule has 0 aliphatic heterocycles. The number of nitrogens with one attached hydrogen (secondary N) is 4. The number of urea groups is 1. The summed E-state index contributed by atoms with van der Waals surface area (Å²) in [6.45, 7) is 5.43. The minimum atomic E-state index is -0.530. The van der Waals surface area contributed by atoms with Crippen molar-refractivity contribution in [3.05, 3.63) is 59.7 Å². The van der Waals surface area contributed by atoms with E-state index in [9.17, 15) is 14.4 Å². The Kier molecular flexibility index (Phi) is 6.93. The Morgan fingerprint density at radius 1 is 1.00 bits per heavy atom. The summed E-state index contributed by atoms with van der Waals surface area (Å²) >= 11 is 0. The molecular formula is C20H24N4O3. The largest absolute Gasteiger partial charge is 0.376 e. The number of carbonyl (C=O) groups excluding carboxylic acids is 3. The fourth-order valence-electron chi connectivity index (χ4n) is 2.33. The minimum absolute atomic E-state index is 0.0575. The number of carbonyl (C=O) groups is 3. The molecule has 0 saturated heterocycles. The molecule has 0 aliphatic carbocycles. The first-order chi connectivity index (χ1) is 12.8. The molecule has 27 heavy (non-hydrogen) atoms. The molecule has 7 nitrogen and oxygen atoms in total. The van der Waals surface area contributed by atoms with Crippen LogP contribution in [0.1, 0.15) is 29.8 Å². The lowest BCUT2D eigenvalue weighted by atomic mass is 10.1. The van der Waals surface area contributed by atoms with Gasteiger partial charge < -0.3 is 16.0 Å². The Morgan fingerprint density at radius 2 is 1.70 bits per heavy atom. The zero-order chi connectivity index (χ0) is 19.8. The molecule has 0 unspecified atom stereocenters. The Bertz CT molecular complexity index is 819. The Morgan fingerprint density at radius 3 is 2.37 bits per heavy atom. The van der Waals surface area contributed by atoms with Crippen LogP contribution < -0.4 is 21.3 Å². The number of rotatable bonds is 6. The summed E-state index contributed by atoms with van der Waals surface area (Å²) in [5, 5.41) is 10.6. The van der Waals surface area contributed by atoms with Crippen LogP contribution in [0.25, 0.3) is 0 Å². The molecular weight excluding hydrogens is 344 g/mol. The zero-order valence-electron chi connectivity index (χ0n) is 15.6. The fraction of sp³-hybridized carbons (Fsp3) is 0.250. The van der Waals surface area contributed by atoms with Crippen molar-refractivity contribution in [1.29, 1.82) is 0 Å². The van der Waals surface area contributed by atoms with Crippen molar-refractivity contribution in [1.82, 2.24) is 10.6 Å². The number of hydrogen-bond donors (Lipinski definition) is 4. The molecule has 0 bridgehead atoms. The average Bonchev–Trinajstić information content (AvgIpc) is 2.62. The van der Waals surface area contributed by atoms with E-state index in [1.54, 1.807) is 50.2 Å². The Labute approximate surface area is 158 Å². The first kappa shape index (κ1) is 20.0. The van der Waals surface area contributed by atoms with Gasteiger partial charge in [-0.15, -0.1) is 0 Å². The van der Waals surface area contributed by atoms with E-state index in [4.69, 9.17) is 0 Å². The lowest BCUT2D eigenvalue weighted by molar-refractivity contribution is -0.118. The molecule has 0 aliphatic rings. The highest BCUT2D eigenvalue weighted by Gasteiger charge is 2.10. The summed E-state index contributed by atoms with van der Waals surface area (Å²) in [4.78, 5) is 35.6. The fourth-order valence-corrected chi connectivity index (χ4v) is 2.33. The van der Waals surface area contributed by atoms with E-state index in [1.807, 2.05) is 19.1 Å². The second kappa shape index (κ2) is 9.38. The number of hydrogen-bond acceptors (Lipinski definition) is 4. The van der Waals surface area contributed by atoms with Crippen LogP contribution in [0.15, 0.2) is 48.5 Å². The Hall–Kier alpha value is -3.35. The maximum absolute atomic E-state index is 12.2. The molecule has 2 aromatic rings. The molecule has 2 aromatic carbocycles. The van der Waals surface area contributed by atoms with Crippen molar-refractivity contribution in [2.24, 2.45) is 0 Å². The number of imide groups is 1. The van der Waals surface area contributed by atoms with Crippen LogP contribution in [0, 0.1) is 6.92 Å². The monoisotopic (exact) mass is 368 g/mol. The van der Waals surface area contributed by atoms with Gasteiger partial charge in [-0.25, -0.2) is 4.79 Å². The SMILES string of the molecule is Cc1ccc(NC(=O)c2ccccc2)cc1NCC(=O)NC(=O)NC(C)C. The van der Waals surface area contributed by atoms with E-state index in [0.29, 0.717) is 16.9 Å². The van der Waals surface area contributed by atoms with Crippen molar-refractivity contribution in [3.8, 4) is 0 Å². The van der Waals surface area contributed by atoms with E-state index in [1.165, 1.54) is 0 Å². The van der Waals surface area contributed by atoms with Gasteiger partial charge in [0.05, 0.1) is 6.54 Å². The minimum Gasteiger partial charge on any atom is -0.376 e. The van der Waals surface area contributed by atoms with E-state index >= 15 is 0 Å². The van der Waals surface area contributed by atoms with Crippen LogP contribution >= 0.6 is 0 Å². The lowest BCUT2D eigenvalue weighted by Crippen LogP contribution is -2.44. The second-order valence-electron chi connectivity index (χ2n) is 6.38. The van der Waals surface area contributed by atoms with Crippen LogP contribution in [-0.2, 0) is 4.79 Å². The van der Waals surface area contributed by atoms with Crippen LogP contribution in [-0.4, -0.2) is 30.4 Å². The van der Waals surface area contributed by atoms with Gasteiger partial charge in [0, 0.05) is 23.0 Å². The van der Waals surface area contributed by atoms with Gasteiger partial charge in [-0.2, -0.15) is 0 Å². The Balaban J connectivity index is 1.95. The van der Waals surface area contributed by atoms with Crippen molar-refractivity contribution < 1.29 is 14.4 Å². The van der Waals surface area contributed by atoms with Crippen molar-refractivity contribution >= 4 is 29.2 Å². The quantitative estimate of drug-likeness (QED) is 0.630. The van der Waals surface area contributed by atoms with Crippen molar-refractivity contribution in [3.63, 3.8) is 0 Å². The van der Waals surface area contributed by atoms with E-state index in [0.717, 1.165) is 5.56 Å². The molecule has 4 N–H and O–H groups in total. The third kappa shape index (κ3) is 6.47. The first-order valence-electron chi connectivity index (χ1n) is 8.66. The van der Waals surface area contributed by atoms with Crippen molar-refractivity contribution in [2.75, 3.05) is 17.2 Å².